The maximum atomic E-state index is 12.5. The van der Waals surface area contributed by atoms with Gasteiger partial charge in [-0.3, -0.25) is 9.59 Å². The number of hydrogen-bond acceptors (Lipinski definition) is 5. The molecule has 1 aliphatic carbocycles. The molecule has 0 amide bonds. The molecular weight excluding hydrogens is 272 g/mol. The van der Waals surface area contributed by atoms with E-state index in [4.69, 9.17) is 13.9 Å². The van der Waals surface area contributed by atoms with E-state index in [9.17, 15) is 9.59 Å². The van der Waals surface area contributed by atoms with Crippen LogP contribution < -0.4 is 0 Å². The van der Waals surface area contributed by atoms with Crippen molar-refractivity contribution >= 4 is 11.6 Å². The fourth-order valence-corrected chi connectivity index (χ4v) is 2.38. The van der Waals surface area contributed by atoms with Crippen LogP contribution in [0.15, 0.2) is 34.7 Å². The van der Waals surface area contributed by atoms with Crippen LogP contribution in [0.5, 0.6) is 0 Å². The van der Waals surface area contributed by atoms with Gasteiger partial charge in [0.15, 0.2) is 17.3 Å². The summed E-state index contributed by atoms with van der Waals surface area (Å²) in [5.41, 5.74) is 0.986. The number of ketones is 2. The fourth-order valence-electron chi connectivity index (χ4n) is 2.38. The van der Waals surface area contributed by atoms with Crippen molar-refractivity contribution in [2.75, 3.05) is 14.2 Å². The molecule has 108 valence electrons. The lowest BCUT2D eigenvalue weighted by molar-refractivity contribution is -0.212. The lowest BCUT2D eigenvalue weighted by Gasteiger charge is -2.23. The Morgan fingerprint density at radius 1 is 0.952 bits per heavy atom. The van der Waals surface area contributed by atoms with E-state index in [2.05, 4.69) is 0 Å². The Morgan fingerprint density at radius 3 is 2.10 bits per heavy atom. The average molecular weight is 286 g/mol. The normalized spacial score (nSPS) is 14.0. The smallest absolute Gasteiger partial charge is 0.229 e. The molecule has 0 N–H and O–H groups in total. The molecule has 0 atom stereocenters. The first-order chi connectivity index (χ1) is 10.0. The Kier molecular flexibility index (Phi) is 3.04. The monoisotopic (exact) mass is 286 g/mol. The number of benzene rings is 1. The van der Waals surface area contributed by atoms with Crippen molar-refractivity contribution < 1.29 is 23.5 Å². The maximum absolute atomic E-state index is 12.5. The van der Waals surface area contributed by atoms with Crippen molar-refractivity contribution in [2.45, 2.75) is 12.7 Å². The van der Waals surface area contributed by atoms with E-state index in [1.807, 2.05) is 0 Å². The van der Waals surface area contributed by atoms with Gasteiger partial charge in [0.05, 0.1) is 5.56 Å². The van der Waals surface area contributed by atoms with Gasteiger partial charge in [0.1, 0.15) is 0 Å². The highest BCUT2D eigenvalue weighted by atomic mass is 16.7. The Labute approximate surface area is 121 Å². The summed E-state index contributed by atoms with van der Waals surface area (Å²) in [7, 11) is 2.92. The predicted molar refractivity (Wildman–Crippen MR) is 73.4 cm³/mol. The van der Waals surface area contributed by atoms with Gasteiger partial charge in [-0.25, -0.2) is 0 Å². The summed E-state index contributed by atoms with van der Waals surface area (Å²) in [5.74, 6) is -1.36. The van der Waals surface area contributed by atoms with Gasteiger partial charge in [-0.2, -0.15) is 0 Å². The third-order valence-electron chi connectivity index (χ3n) is 3.83. The standard InChI is InChI=1S/C16H14O5/c1-16(19-2,20-3)12-8-11-13(17)9-6-4-5-7-10(9)14(18)15(11)21-12/h4-8H,1-3H3. The van der Waals surface area contributed by atoms with Crippen molar-refractivity contribution in [1.29, 1.82) is 0 Å². The molecule has 0 saturated heterocycles. The molecule has 1 heterocycles. The van der Waals surface area contributed by atoms with Crippen LogP contribution in [0.2, 0.25) is 0 Å². The second-order valence-corrected chi connectivity index (χ2v) is 4.91. The van der Waals surface area contributed by atoms with Gasteiger partial charge < -0.3 is 13.9 Å². The quantitative estimate of drug-likeness (QED) is 0.692. The predicted octanol–water partition coefficient (Wildman–Crippen LogP) is 2.52. The first kappa shape index (κ1) is 13.7. The topological polar surface area (TPSA) is 65.7 Å². The summed E-state index contributed by atoms with van der Waals surface area (Å²) >= 11 is 0. The third-order valence-corrected chi connectivity index (χ3v) is 3.83. The van der Waals surface area contributed by atoms with Crippen molar-refractivity contribution in [1.82, 2.24) is 0 Å². The number of hydrogen-bond donors (Lipinski definition) is 0. The molecule has 1 aliphatic rings. The molecule has 21 heavy (non-hydrogen) atoms. The van der Waals surface area contributed by atoms with E-state index < -0.39 is 5.79 Å². The molecule has 1 aromatic carbocycles. The summed E-state index contributed by atoms with van der Waals surface area (Å²) in [6.07, 6.45) is 0. The van der Waals surface area contributed by atoms with Crippen molar-refractivity contribution in [2.24, 2.45) is 0 Å². The lowest BCUT2D eigenvalue weighted by Crippen LogP contribution is -2.25. The zero-order valence-electron chi connectivity index (χ0n) is 11.9. The number of methoxy groups -OCH3 is 2. The lowest BCUT2D eigenvalue weighted by atomic mass is 9.88. The number of carbonyl (C=O) groups excluding carboxylic acids is 2. The molecule has 3 rings (SSSR count). The number of fused-ring (bicyclic) bond motifs is 2. The van der Waals surface area contributed by atoms with Crippen LogP contribution >= 0.6 is 0 Å². The Hall–Kier alpha value is -2.24. The maximum Gasteiger partial charge on any atom is 0.229 e. The fraction of sp³-hybridized carbons (Fsp3) is 0.250. The molecule has 0 unspecified atom stereocenters. The van der Waals surface area contributed by atoms with E-state index in [0.717, 1.165) is 0 Å². The van der Waals surface area contributed by atoms with Crippen LogP contribution in [0, 0.1) is 0 Å². The minimum atomic E-state index is -1.15. The highest BCUT2D eigenvalue weighted by molar-refractivity contribution is 6.27. The zero-order chi connectivity index (χ0) is 15.2. The van der Waals surface area contributed by atoms with Crippen LogP contribution in [0.1, 0.15) is 44.7 Å². The van der Waals surface area contributed by atoms with Gasteiger partial charge >= 0.3 is 0 Å². The highest BCUT2D eigenvalue weighted by Gasteiger charge is 2.38. The number of ether oxygens (including phenoxy) is 2. The zero-order valence-corrected chi connectivity index (χ0v) is 11.9. The van der Waals surface area contributed by atoms with E-state index in [1.165, 1.54) is 20.3 Å². The van der Waals surface area contributed by atoms with E-state index in [0.29, 0.717) is 11.1 Å². The molecule has 0 bridgehead atoms. The Bertz CT molecular complexity index is 684. The molecule has 0 fully saturated rings. The molecule has 5 heteroatoms. The van der Waals surface area contributed by atoms with E-state index in [1.54, 1.807) is 31.2 Å². The van der Waals surface area contributed by atoms with Crippen LogP contribution in [0.3, 0.4) is 0 Å². The summed E-state index contributed by atoms with van der Waals surface area (Å²) in [4.78, 5) is 24.9. The Morgan fingerprint density at radius 2 is 1.52 bits per heavy atom. The minimum absolute atomic E-state index is 0.0361. The molecule has 0 aliphatic heterocycles. The minimum Gasteiger partial charge on any atom is -0.451 e. The molecule has 0 spiro atoms. The van der Waals surface area contributed by atoms with Gasteiger partial charge in [-0.15, -0.1) is 0 Å². The highest BCUT2D eigenvalue weighted by Crippen LogP contribution is 2.34. The van der Waals surface area contributed by atoms with E-state index >= 15 is 0 Å². The Balaban J connectivity index is 2.18. The van der Waals surface area contributed by atoms with Crippen LogP contribution in [0.4, 0.5) is 0 Å². The largest absolute Gasteiger partial charge is 0.451 e. The third kappa shape index (κ3) is 1.86. The molecule has 1 aromatic heterocycles. The molecule has 2 aromatic rings. The molecule has 5 nitrogen and oxygen atoms in total. The van der Waals surface area contributed by atoms with Gasteiger partial charge in [0.25, 0.3) is 0 Å². The van der Waals surface area contributed by atoms with Crippen LogP contribution in [-0.2, 0) is 15.3 Å². The SMILES string of the molecule is COC(C)(OC)c1cc2c(o1)C(=O)c1ccccc1C2=O. The van der Waals surface area contributed by atoms with Gasteiger partial charge in [0, 0.05) is 25.3 Å². The number of rotatable bonds is 3. The average Bonchev–Trinajstić information content (AvgIpc) is 2.98. The van der Waals surface area contributed by atoms with Crippen LogP contribution in [-0.4, -0.2) is 25.8 Å². The van der Waals surface area contributed by atoms with Crippen LogP contribution in [0.25, 0.3) is 0 Å². The number of carbonyl (C=O) groups is 2. The van der Waals surface area contributed by atoms with Gasteiger partial charge in [0.2, 0.25) is 11.6 Å². The van der Waals surface area contributed by atoms with Gasteiger partial charge in [-0.05, 0) is 13.0 Å². The summed E-state index contributed by atoms with van der Waals surface area (Å²) in [5, 5.41) is 0. The first-order valence-electron chi connectivity index (χ1n) is 6.45. The molecule has 0 radical (unpaired) electrons. The van der Waals surface area contributed by atoms with Crippen molar-refractivity contribution in [3.8, 4) is 0 Å². The van der Waals surface area contributed by atoms with Crippen molar-refractivity contribution in [3.63, 3.8) is 0 Å². The summed E-state index contributed by atoms with van der Waals surface area (Å²) in [6, 6.07) is 8.21. The summed E-state index contributed by atoms with van der Waals surface area (Å²) < 4.78 is 16.1. The molecular formula is C16H14O5. The van der Waals surface area contributed by atoms with Gasteiger partial charge in [-0.1, -0.05) is 24.3 Å². The number of furan rings is 1. The second kappa shape index (κ2) is 4.65. The van der Waals surface area contributed by atoms with E-state index in [-0.39, 0.29) is 28.7 Å². The summed E-state index contributed by atoms with van der Waals surface area (Å²) in [6.45, 7) is 1.65. The second-order valence-electron chi connectivity index (χ2n) is 4.91. The first-order valence-corrected chi connectivity index (χ1v) is 6.45. The molecule has 0 saturated carbocycles. The van der Waals surface area contributed by atoms with Crippen molar-refractivity contribution in [3.05, 3.63) is 58.5 Å².